The number of para-hydroxylation sites is 1. The average Bonchev–Trinajstić information content (AvgIpc) is 3.41. The van der Waals surface area contributed by atoms with Crippen LogP contribution in [0.1, 0.15) is 15.2 Å². The van der Waals surface area contributed by atoms with Crippen molar-refractivity contribution in [1.29, 1.82) is 0 Å². The number of ether oxygens (including phenoxy) is 1. The van der Waals surface area contributed by atoms with Gasteiger partial charge in [-0.25, -0.2) is 9.98 Å². The molecule has 1 aliphatic rings. The highest BCUT2D eigenvalue weighted by molar-refractivity contribution is 7.20. The van der Waals surface area contributed by atoms with Gasteiger partial charge in [-0.3, -0.25) is 14.2 Å². The summed E-state index contributed by atoms with van der Waals surface area (Å²) < 4.78 is 7.38. The third kappa shape index (κ3) is 5.15. The number of fused-ring (bicyclic) bond motifs is 2. The van der Waals surface area contributed by atoms with E-state index in [1.54, 1.807) is 24.3 Å². The van der Waals surface area contributed by atoms with Gasteiger partial charge in [0, 0.05) is 11.4 Å². The fourth-order valence-electron chi connectivity index (χ4n) is 4.65. The fraction of sp³-hybridized carbons (Fsp3) is 0.103. The number of aromatic nitrogens is 2. The van der Waals surface area contributed by atoms with Gasteiger partial charge in [0.15, 0.2) is 11.8 Å². The SMILES string of the molecule is NC(N)=NCc1ccc(NC(=O)c2cc3c(nc(N)c(=O)n3-c3ccc4c(c3)N(c3ccccc3)CCO4)s2)cc1. The number of aliphatic imine (C=N–C) groups is 1. The lowest BCUT2D eigenvalue weighted by Crippen LogP contribution is -2.29. The van der Waals surface area contributed by atoms with Crippen LogP contribution in [0.2, 0.25) is 0 Å². The number of carbonyl (C=O) groups is 1. The molecule has 1 aliphatic heterocycles. The molecule has 0 bridgehead atoms. The molecule has 12 heteroatoms. The van der Waals surface area contributed by atoms with Crippen LogP contribution in [0.4, 0.5) is 22.9 Å². The van der Waals surface area contributed by atoms with Crippen molar-refractivity contribution >= 4 is 56.4 Å². The molecule has 0 fully saturated rings. The highest BCUT2D eigenvalue weighted by Gasteiger charge is 2.23. The summed E-state index contributed by atoms with van der Waals surface area (Å²) >= 11 is 1.15. The number of benzene rings is 3. The minimum atomic E-state index is -0.471. The summed E-state index contributed by atoms with van der Waals surface area (Å²) in [5.74, 6) is 0.232. The van der Waals surface area contributed by atoms with Crippen LogP contribution in [0.3, 0.4) is 0 Å². The zero-order chi connectivity index (χ0) is 28.5. The van der Waals surface area contributed by atoms with Crippen molar-refractivity contribution in [2.24, 2.45) is 16.5 Å². The van der Waals surface area contributed by atoms with Crippen molar-refractivity contribution in [2.75, 3.05) is 29.1 Å². The maximum atomic E-state index is 13.3. The maximum absolute atomic E-state index is 13.3. The Morgan fingerprint density at radius 1 is 1.02 bits per heavy atom. The molecule has 1 amide bonds. The predicted molar refractivity (Wildman–Crippen MR) is 162 cm³/mol. The van der Waals surface area contributed by atoms with Crippen LogP contribution in [0, 0.1) is 0 Å². The van der Waals surface area contributed by atoms with Crippen molar-refractivity contribution in [1.82, 2.24) is 9.55 Å². The summed E-state index contributed by atoms with van der Waals surface area (Å²) in [6.45, 7) is 1.53. The molecular weight excluding hydrogens is 540 g/mol. The normalized spacial score (nSPS) is 12.4. The van der Waals surface area contributed by atoms with Gasteiger partial charge < -0.3 is 32.2 Å². The Bertz CT molecular complexity index is 1840. The van der Waals surface area contributed by atoms with Crippen LogP contribution in [0.25, 0.3) is 16.0 Å². The maximum Gasteiger partial charge on any atom is 0.298 e. The molecule has 2 aromatic heterocycles. The van der Waals surface area contributed by atoms with E-state index in [1.807, 2.05) is 54.6 Å². The standard InChI is InChI=1S/C29H26N8O3S/c30-25-28(39)37(20-10-11-23-21(14-20)36(12-13-40-23)19-4-2-1-3-5-19)22-15-24(41-27(22)35-25)26(38)34-18-8-6-17(7-9-18)16-33-29(31)32/h1-11,14-15H,12-13,16H2,(H2,30,35)(H,34,38)(H4,31,32,33). The Morgan fingerprint density at radius 3 is 2.56 bits per heavy atom. The van der Waals surface area contributed by atoms with E-state index >= 15 is 0 Å². The lowest BCUT2D eigenvalue weighted by Gasteiger charge is -2.31. The number of thiophene rings is 1. The third-order valence-corrected chi connectivity index (χ3v) is 7.61. The molecule has 0 radical (unpaired) electrons. The van der Waals surface area contributed by atoms with Crippen LogP contribution in [-0.4, -0.2) is 34.6 Å². The second-order valence-corrected chi connectivity index (χ2v) is 10.3. The minimum absolute atomic E-state index is 0.0112. The zero-order valence-corrected chi connectivity index (χ0v) is 22.6. The third-order valence-electron chi connectivity index (χ3n) is 6.59. The van der Waals surface area contributed by atoms with Crippen LogP contribution >= 0.6 is 11.3 Å². The molecule has 5 aromatic rings. The molecule has 7 N–H and O–H groups in total. The van der Waals surface area contributed by atoms with Crippen molar-refractivity contribution in [2.45, 2.75) is 6.54 Å². The quantitative estimate of drug-likeness (QED) is 0.179. The average molecular weight is 567 g/mol. The summed E-state index contributed by atoms with van der Waals surface area (Å²) in [6.07, 6.45) is 0. The van der Waals surface area contributed by atoms with Crippen molar-refractivity contribution in [3.63, 3.8) is 0 Å². The van der Waals surface area contributed by atoms with Crippen LogP contribution in [-0.2, 0) is 6.54 Å². The Morgan fingerprint density at radius 2 is 1.80 bits per heavy atom. The second-order valence-electron chi connectivity index (χ2n) is 9.32. The molecule has 3 aromatic carbocycles. The number of nitrogens with zero attached hydrogens (tertiary/aromatic N) is 4. The van der Waals surface area contributed by atoms with Gasteiger partial charge in [0.25, 0.3) is 11.5 Å². The summed E-state index contributed by atoms with van der Waals surface area (Å²) in [4.78, 5) is 37.7. The Kier molecular flexibility index (Phi) is 6.73. The number of hydrogen-bond donors (Lipinski definition) is 4. The first-order valence-electron chi connectivity index (χ1n) is 12.7. The molecular formula is C29H26N8O3S. The molecule has 0 unspecified atom stereocenters. The van der Waals surface area contributed by atoms with Crippen molar-refractivity contribution in [3.8, 4) is 11.4 Å². The molecule has 0 atom stereocenters. The number of nitrogens with one attached hydrogen (secondary N) is 1. The first kappa shape index (κ1) is 25.9. The van der Waals surface area contributed by atoms with E-state index in [4.69, 9.17) is 21.9 Å². The van der Waals surface area contributed by atoms with Gasteiger partial charge in [-0.05, 0) is 54.1 Å². The number of rotatable bonds is 6. The van der Waals surface area contributed by atoms with E-state index in [1.165, 1.54) is 4.57 Å². The van der Waals surface area contributed by atoms with Gasteiger partial charge in [-0.15, -0.1) is 11.3 Å². The highest BCUT2D eigenvalue weighted by atomic mass is 32.1. The molecule has 0 saturated heterocycles. The van der Waals surface area contributed by atoms with Gasteiger partial charge >= 0.3 is 0 Å². The molecule has 206 valence electrons. The molecule has 11 nitrogen and oxygen atoms in total. The zero-order valence-electron chi connectivity index (χ0n) is 21.8. The van der Waals surface area contributed by atoms with Crippen molar-refractivity contribution < 1.29 is 9.53 Å². The van der Waals surface area contributed by atoms with E-state index < -0.39 is 5.56 Å². The summed E-state index contributed by atoms with van der Waals surface area (Å²) in [5, 5.41) is 2.88. The Balaban J connectivity index is 1.35. The minimum Gasteiger partial charge on any atom is -0.490 e. The smallest absolute Gasteiger partial charge is 0.298 e. The number of hydrogen-bond acceptors (Lipinski definition) is 8. The molecule has 41 heavy (non-hydrogen) atoms. The molecule has 0 spiro atoms. The second kappa shape index (κ2) is 10.7. The topological polar surface area (TPSA) is 167 Å². The highest BCUT2D eigenvalue weighted by Crippen LogP contribution is 2.38. The lowest BCUT2D eigenvalue weighted by atomic mass is 10.1. The summed E-state index contributed by atoms with van der Waals surface area (Å²) in [5.41, 5.74) is 20.8. The molecule has 6 rings (SSSR count). The number of carbonyl (C=O) groups excluding carboxylic acids is 1. The van der Waals surface area contributed by atoms with Gasteiger partial charge in [0.1, 0.15) is 17.2 Å². The van der Waals surface area contributed by atoms with Crippen LogP contribution in [0.15, 0.2) is 88.6 Å². The summed E-state index contributed by atoms with van der Waals surface area (Å²) in [6, 6.07) is 24.3. The molecule has 3 heterocycles. The van der Waals surface area contributed by atoms with Crippen molar-refractivity contribution in [3.05, 3.63) is 99.7 Å². The van der Waals surface area contributed by atoms with E-state index in [0.29, 0.717) is 52.0 Å². The number of guanidine groups is 1. The predicted octanol–water partition coefficient (Wildman–Crippen LogP) is 3.59. The number of amides is 1. The molecule has 0 aliphatic carbocycles. The molecule has 0 saturated carbocycles. The van der Waals surface area contributed by atoms with Gasteiger partial charge in [-0.1, -0.05) is 30.3 Å². The van der Waals surface area contributed by atoms with Gasteiger partial charge in [0.05, 0.1) is 34.9 Å². The first-order valence-corrected chi connectivity index (χ1v) is 13.6. The lowest BCUT2D eigenvalue weighted by molar-refractivity contribution is 0.103. The Labute approximate surface area is 238 Å². The van der Waals surface area contributed by atoms with Gasteiger partial charge in [-0.2, -0.15) is 0 Å². The van der Waals surface area contributed by atoms with E-state index in [0.717, 1.165) is 28.3 Å². The van der Waals surface area contributed by atoms with E-state index in [2.05, 4.69) is 20.2 Å². The number of nitrogens with two attached hydrogens (primary N) is 3. The number of anilines is 4. The fourth-order valence-corrected chi connectivity index (χ4v) is 5.57. The summed E-state index contributed by atoms with van der Waals surface area (Å²) in [7, 11) is 0. The monoisotopic (exact) mass is 566 g/mol. The van der Waals surface area contributed by atoms with E-state index in [9.17, 15) is 9.59 Å². The number of nitrogen functional groups attached to an aromatic ring is 1. The Hall–Kier alpha value is -5.36. The van der Waals surface area contributed by atoms with Gasteiger partial charge in [0.2, 0.25) is 0 Å². The van der Waals surface area contributed by atoms with Crippen LogP contribution in [0.5, 0.6) is 5.75 Å². The van der Waals surface area contributed by atoms with E-state index in [-0.39, 0.29) is 17.7 Å². The van der Waals surface area contributed by atoms with Crippen LogP contribution < -0.4 is 37.7 Å². The first-order chi connectivity index (χ1) is 19.9. The largest absolute Gasteiger partial charge is 0.490 e.